The molecular formula is C80H86ClN5O16S. The minimum Gasteiger partial charge on any atom is -0.493 e. The third kappa shape index (κ3) is 20.4. The molecular weight excluding hydrogens is 1350 g/mol. The number of hydrogen-bond acceptors (Lipinski definition) is 19. The maximum absolute atomic E-state index is 13.1. The van der Waals surface area contributed by atoms with Gasteiger partial charge in [-0.25, -0.2) is 34.3 Å². The van der Waals surface area contributed by atoms with Crippen LogP contribution in [0.1, 0.15) is 86.4 Å². The molecule has 0 spiro atoms. The van der Waals surface area contributed by atoms with Gasteiger partial charge in [-0.2, -0.15) is 4.98 Å². The smallest absolute Gasteiger partial charge is 0.348 e. The molecule has 0 saturated heterocycles. The molecule has 103 heavy (non-hydrogen) atoms. The topological polar surface area (TPSA) is 269 Å². The normalized spacial score (nSPS) is 13.1. The van der Waals surface area contributed by atoms with Gasteiger partial charge in [-0.1, -0.05) is 187 Å². The molecule has 3 heterocycles. The number of carboxylic acid groups (broad SMARTS) is 3. The number of halogens is 1. The summed E-state index contributed by atoms with van der Waals surface area (Å²) >= 11 is 7.27. The van der Waals surface area contributed by atoms with E-state index in [2.05, 4.69) is 24.9 Å². The Morgan fingerprint density at radius 2 is 0.922 bits per heavy atom. The standard InChI is InChI=1S/C35H40N2O8.C24H25ClN2O4.C21H21NO4S/c1-24-21-30(42-4)37-34(36-24)45-32(33(38)39)35(27-16-10-7-11-17-27,19-12-15-25-13-8-6-9-14-25)44-20-18-26-22-28(40-2)31(43-5)29(23-26)41-3;1-16-15-17(2)27-23(26-16)31-21(22(28)29)24(3,19-7-5-4-6-8-19)30-14-13-18-9-11-20(25)12-10-18;1-14-15(2)27-20(22-14)26-18(19(23)24)21(25-3,16-10-6-4-7-11-16)17-12-8-5-9-13-17/h6-11,13-14,16-17,21-23,32H,12,15,18-20H2,1-5H3,(H,38,39);4-12,15,21H,13-14H2,1-3H3,(H,28,29);4-13,18H,1-3H3,(H,23,24)/t32-,35?;21-,24?;18-/m111/s1. The lowest BCUT2D eigenvalue weighted by Gasteiger charge is -2.38. The van der Waals surface area contributed by atoms with E-state index in [4.69, 9.17) is 59.0 Å². The van der Waals surface area contributed by atoms with Gasteiger partial charge in [0.1, 0.15) is 11.2 Å². The van der Waals surface area contributed by atoms with Crippen molar-refractivity contribution in [2.45, 2.75) is 109 Å². The van der Waals surface area contributed by atoms with Crippen molar-refractivity contribution >= 4 is 40.8 Å². The fraction of sp³-hybridized carbons (Fsp3) is 0.300. The van der Waals surface area contributed by atoms with Gasteiger partial charge < -0.3 is 62.7 Å². The van der Waals surface area contributed by atoms with Crippen molar-refractivity contribution < 1.29 is 77.1 Å². The number of carbonyl (C=O) groups is 3. The van der Waals surface area contributed by atoms with E-state index < -0.39 is 53.0 Å². The zero-order valence-corrected chi connectivity index (χ0v) is 61.0. The number of carboxylic acids is 3. The first-order chi connectivity index (χ1) is 49.6. The molecule has 0 saturated carbocycles. The number of benzene rings is 7. The number of methoxy groups -OCH3 is 5. The average molecular weight is 1440 g/mol. The number of rotatable bonds is 33. The summed E-state index contributed by atoms with van der Waals surface area (Å²) in [6.45, 7) is 11.3. The third-order valence-corrected chi connectivity index (χ3v) is 18.2. The summed E-state index contributed by atoms with van der Waals surface area (Å²) in [5.74, 6) is -1.73. The number of thiazole rings is 1. The van der Waals surface area contributed by atoms with Crippen LogP contribution in [-0.4, -0.2) is 125 Å². The number of nitrogens with zero attached hydrogens (tertiary/aromatic N) is 5. The molecule has 21 nitrogen and oxygen atoms in total. The van der Waals surface area contributed by atoms with E-state index in [0.717, 1.165) is 27.3 Å². The van der Waals surface area contributed by atoms with Gasteiger partial charge in [-0.15, -0.1) is 0 Å². The highest BCUT2D eigenvalue weighted by atomic mass is 35.5. The first-order valence-electron chi connectivity index (χ1n) is 33.1. The minimum absolute atomic E-state index is 0.00774. The van der Waals surface area contributed by atoms with Crippen LogP contribution < -0.4 is 33.2 Å². The highest BCUT2D eigenvalue weighted by Gasteiger charge is 2.51. The first-order valence-corrected chi connectivity index (χ1v) is 34.3. The summed E-state index contributed by atoms with van der Waals surface area (Å²) in [5, 5.41) is 31.8. The van der Waals surface area contributed by atoms with Crippen molar-refractivity contribution in [2.75, 3.05) is 48.8 Å². The Bertz CT molecular complexity index is 4230. The fourth-order valence-electron chi connectivity index (χ4n) is 11.8. The van der Waals surface area contributed by atoms with Crippen LogP contribution in [0.15, 0.2) is 200 Å². The zero-order chi connectivity index (χ0) is 74.1. The van der Waals surface area contributed by atoms with Gasteiger partial charge in [0.25, 0.3) is 5.19 Å². The summed E-state index contributed by atoms with van der Waals surface area (Å²) in [7, 11) is 7.64. The van der Waals surface area contributed by atoms with Crippen molar-refractivity contribution in [3.05, 3.63) is 272 Å². The lowest BCUT2D eigenvalue weighted by molar-refractivity contribution is -0.173. The zero-order valence-electron chi connectivity index (χ0n) is 59.4. The number of aromatic nitrogens is 5. The molecule has 0 amide bonds. The molecule has 7 aromatic carbocycles. The van der Waals surface area contributed by atoms with Gasteiger partial charge in [0.2, 0.25) is 29.9 Å². The SMILES string of the molecule is COC(c1ccccc1)(c1ccccc1)[C@H](Oc1nc(C)c(C)s1)C(=O)O.COc1cc(C)nc(O[C@H](C(=O)O)C(CCCc2ccccc2)(OCCc2cc(OC)c(OC)c(OC)c2)c2ccccc2)n1.Cc1cc(C)nc(O[C@H](C(=O)O)C(C)(OCCc2ccc(Cl)cc2)c2ccccc2)n1. The van der Waals surface area contributed by atoms with Crippen LogP contribution in [0.4, 0.5) is 0 Å². The second-order valence-electron chi connectivity index (χ2n) is 24.0. The van der Waals surface area contributed by atoms with E-state index in [1.54, 1.807) is 61.2 Å². The van der Waals surface area contributed by atoms with Crippen molar-refractivity contribution in [1.29, 1.82) is 0 Å². The highest BCUT2D eigenvalue weighted by Crippen LogP contribution is 2.43. The Balaban J connectivity index is 0.000000204. The quantitative estimate of drug-likeness (QED) is 0.0345. The van der Waals surface area contributed by atoms with Crippen molar-refractivity contribution in [3.63, 3.8) is 0 Å². The number of ether oxygens (including phenoxy) is 10. The van der Waals surface area contributed by atoms with Crippen LogP contribution in [0, 0.1) is 34.6 Å². The molecule has 0 bridgehead atoms. The Labute approximate surface area is 609 Å². The van der Waals surface area contributed by atoms with Gasteiger partial charge in [0.15, 0.2) is 17.1 Å². The second kappa shape index (κ2) is 37.4. The van der Waals surface area contributed by atoms with E-state index >= 15 is 0 Å². The molecule has 10 rings (SSSR count). The number of aryl methyl sites for hydroxylation is 6. The predicted octanol–water partition coefficient (Wildman–Crippen LogP) is 14.8. The van der Waals surface area contributed by atoms with Crippen LogP contribution in [-0.2, 0) is 64.7 Å². The summed E-state index contributed by atoms with van der Waals surface area (Å²) in [6, 6.07) is 61.5. The first kappa shape index (κ1) is 78.2. The molecule has 10 aromatic rings. The summed E-state index contributed by atoms with van der Waals surface area (Å²) in [5.41, 5.74) is 4.50. The number of aliphatic carboxylic acids is 3. The molecule has 3 N–H and O–H groups in total. The molecule has 0 aliphatic carbocycles. The lowest BCUT2D eigenvalue weighted by atomic mass is 9.81. The Hall–Kier alpha value is -10.5. The molecule has 3 aromatic heterocycles. The van der Waals surface area contributed by atoms with E-state index in [1.165, 1.54) is 25.6 Å². The predicted molar refractivity (Wildman–Crippen MR) is 391 cm³/mol. The maximum atomic E-state index is 13.1. The van der Waals surface area contributed by atoms with Crippen LogP contribution in [0.3, 0.4) is 0 Å². The molecule has 540 valence electrons. The van der Waals surface area contributed by atoms with E-state index in [-0.39, 0.29) is 31.1 Å². The molecule has 5 atom stereocenters. The van der Waals surface area contributed by atoms with Crippen LogP contribution in [0.2, 0.25) is 5.02 Å². The fourth-order valence-corrected chi connectivity index (χ4v) is 12.7. The molecule has 0 aliphatic heterocycles. The van der Waals surface area contributed by atoms with Crippen LogP contribution in [0.5, 0.6) is 40.3 Å². The summed E-state index contributed by atoms with van der Waals surface area (Å²) in [6.07, 6.45) is -1.50. The van der Waals surface area contributed by atoms with Crippen LogP contribution in [0.25, 0.3) is 0 Å². The summed E-state index contributed by atoms with van der Waals surface area (Å²) in [4.78, 5) is 60.2. The van der Waals surface area contributed by atoms with Gasteiger partial charge >= 0.3 is 29.9 Å². The third-order valence-electron chi connectivity index (χ3n) is 17.0. The highest BCUT2D eigenvalue weighted by molar-refractivity contribution is 7.13. The molecule has 0 aliphatic rings. The average Bonchev–Trinajstić information content (AvgIpc) is 1.38. The lowest BCUT2D eigenvalue weighted by Crippen LogP contribution is -2.51. The largest absolute Gasteiger partial charge is 0.493 e. The Morgan fingerprint density at radius 1 is 0.466 bits per heavy atom. The number of hydrogen-bond donors (Lipinski definition) is 3. The van der Waals surface area contributed by atoms with Gasteiger partial charge in [-0.3, -0.25) is 0 Å². The van der Waals surface area contributed by atoms with Crippen molar-refractivity contribution in [2.24, 2.45) is 0 Å². The summed E-state index contributed by atoms with van der Waals surface area (Å²) < 4.78 is 58.6. The van der Waals surface area contributed by atoms with Gasteiger partial charge in [0.05, 0.1) is 47.3 Å². The molecule has 2 unspecified atom stereocenters. The van der Waals surface area contributed by atoms with E-state index in [1.807, 2.05) is 202 Å². The monoisotopic (exact) mass is 1440 g/mol. The molecule has 0 fully saturated rings. The molecule has 0 radical (unpaired) electrons. The van der Waals surface area contributed by atoms with Crippen molar-refractivity contribution in [1.82, 2.24) is 24.9 Å². The van der Waals surface area contributed by atoms with Crippen molar-refractivity contribution in [3.8, 4) is 40.3 Å². The van der Waals surface area contributed by atoms with Gasteiger partial charge in [0, 0.05) is 40.2 Å². The van der Waals surface area contributed by atoms with Gasteiger partial charge in [-0.05, 0) is 143 Å². The Morgan fingerprint density at radius 3 is 1.40 bits per heavy atom. The van der Waals surface area contributed by atoms with E-state index in [0.29, 0.717) is 98.9 Å². The molecule has 23 heteroatoms. The second-order valence-corrected chi connectivity index (χ2v) is 25.6. The minimum atomic E-state index is -1.50. The van der Waals surface area contributed by atoms with E-state index in [9.17, 15) is 29.7 Å². The Kier molecular flexibility index (Phi) is 28.4. The maximum Gasteiger partial charge on any atom is 0.348 e. The van der Waals surface area contributed by atoms with Crippen LogP contribution >= 0.6 is 22.9 Å².